The lowest BCUT2D eigenvalue weighted by atomic mass is 10.1. The normalized spacial score (nSPS) is 13.8. The smallest absolute Gasteiger partial charge is 0.163 e. The fourth-order valence-corrected chi connectivity index (χ4v) is 4.74. The maximum absolute atomic E-state index is 9.75. The van der Waals surface area contributed by atoms with Crippen molar-refractivity contribution < 1.29 is 18.9 Å². The topological polar surface area (TPSA) is 88.9 Å². The lowest BCUT2D eigenvalue weighted by Gasteiger charge is -2.26. The Balaban J connectivity index is 1.50. The van der Waals surface area contributed by atoms with E-state index in [4.69, 9.17) is 42.1 Å². The van der Waals surface area contributed by atoms with E-state index in [1.165, 1.54) is 13.3 Å². The molecule has 1 aliphatic heterocycles. The van der Waals surface area contributed by atoms with Crippen molar-refractivity contribution in [2.75, 3.05) is 59.0 Å². The van der Waals surface area contributed by atoms with Gasteiger partial charge in [0.05, 0.1) is 66.5 Å². The van der Waals surface area contributed by atoms with Crippen molar-refractivity contribution in [2.45, 2.75) is 19.3 Å². The summed E-state index contributed by atoms with van der Waals surface area (Å²) >= 11 is 12.6. The number of morpholine rings is 1. The van der Waals surface area contributed by atoms with Crippen LogP contribution in [0, 0.1) is 11.3 Å². The molecule has 0 saturated carbocycles. The zero-order chi connectivity index (χ0) is 26.2. The molecule has 0 amide bonds. The van der Waals surface area contributed by atoms with E-state index in [1.54, 1.807) is 19.2 Å². The highest BCUT2D eigenvalue weighted by atomic mass is 35.5. The molecule has 37 heavy (non-hydrogen) atoms. The lowest BCUT2D eigenvalue weighted by Crippen LogP contribution is -2.36. The Hall–Kier alpha value is -2.96. The van der Waals surface area contributed by atoms with E-state index in [9.17, 15) is 5.26 Å². The van der Waals surface area contributed by atoms with Crippen LogP contribution in [-0.2, 0) is 4.74 Å². The Labute approximate surface area is 227 Å². The van der Waals surface area contributed by atoms with E-state index in [-0.39, 0.29) is 0 Å². The number of methoxy groups -OCH3 is 2. The summed E-state index contributed by atoms with van der Waals surface area (Å²) in [5, 5.41) is 14.5. The highest BCUT2D eigenvalue weighted by Crippen LogP contribution is 2.40. The standard InChI is InChI=1S/C27H30Cl2N4O4/c1-34-24-15-23(20(28)13-21(24)29)32-27-18(16-30)17-31-22-14-26(25(35-2)12-19(22)27)37-9-5-3-4-6-33-7-10-36-11-8-33/h12-15,17H,3-11H2,1-2H3,(H,31,32). The fraction of sp³-hybridized carbons (Fsp3) is 0.407. The molecule has 0 spiro atoms. The molecule has 4 rings (SSSR count). The second kappa shape index (κ2) is 13.0. The van der Waals surface area contributed by atoms with Crippen molar-refractivity contribution in [3.05, 3.63) is 46.1 Å². The van der Waals surface area contributed by atoms with Crippen LogP contribution in [0.25, 0.3) is 10.9 Å². The first-order chi connectivity index (χ1) is 18.0. The van der Waals surface area contributed by atoms with Crippen LogP contribution in [0.4, 0.5) is 11.4 Å². The number of nitrogens with one attached hydrogen (secondary N) is 1. The van der Waals surface area contributed by atoms with Crippen LogP contribution in [0.15, 0.2) is 30.5 Å². The molecule has 1 fully saturated rings. The number of rotatable bonds is 11. The minimum Gasteiger partial charge on any atom is -0.495 e. The molecule has 0 unspecified atom stereocenters. The van der Waals surface area contributed by atoms with Gasteiger partial charge in [-0.3, -0.25) is 9.88 Å². The number of benzene rings is 2. The second-order valence-electron chi connectivity index (χ2n) is 8.63. The van der Waals surface area contributed by atoms with Crippen LogP contribution in [0.5, 0.6) is 17.2 Å². The Kier molecular flexibility index (Phi) is 9.53. The zero-order valence-electron chi connectivity index (χ0n) is 21.0. The zero-order valence-corrected chi connectivity index (χ0v) is 22.5. The fourth-order valence-electron chi connectivity index (χ4n) is 4.23. The first-order valence-electron chi connectivity index (χ1n) is 12.2. The second-order valence-corrected chi connectivity index (χ2v) is 9.45. The third-order valence-electron chi connectivity index (χ3n) is 6.25. The number of hydrogen-bond donors (Lipinski definition) is 1. The molecule has 2 heterocycles. The molecule has 2 aromatic carbocycles. The average Bonchev–Trinajstić information content (AvgIpc) is 2.92. The van der Waals surface area contributed by atoms with Gasteiger partial charge in [-0.2, -0.15) is 5.26 Å². The number of fused-ring (bicyclic) bond motifs is 1. The summed E-state index contributed by atoms with van der Waals surface area (Å²) in [5.74, 6) is 1.63. The minimum absolute atomic E-state index is 0.355. The molecule has 0 bridgehead atoms. The van der Waals surface area contributed by atoms with E-state index in [0.29, 0.717) is 61.7 Å². The van der Waals surface area contributed by atoms with Gasteiger partial charge in [0.2, 0.25) is 0 Å². The van der Waals surface area contributed by atoms with Crippen molar-refractivity contribution in [1.82, 2.24) is 9.88 Å². The summed E-state index contributed by atoms with van der Waals surface area (Å²) in [6.07, 6.45) is 4.67. The SMILES string of the molecule is COc1cc(Nc2c(C#N)cnc3cc(OCCCCCN4CCOCC4)c(OC)cc23)c(Cl)cc1Cl. The Morgan fingerprint density at radius 3 is 2.51 bits per heavy atom. The number of nitriles is 1. The van der Waals surface area contributed by atoms with E-state index in [1.807, 2.05) is 12.1 Å². The molecular formula is C27H30Cl2N4O4. The number of ether oxygens (including phenoxy) is 4. The van der Waals surface area contributed by atoms with Crippen molar-refractivity contribution in [2.24, 2.45) is 0 Å². The number of anilines is 2. The number of nitrogens with zero attached hydrogens (tertiary/aromatic N) is 3. The van der Waals surface area contributed by atoms with Crippen molar-refractivity contribution in [3.8, 4) is 23.3 Å². The highest BCUT2D eigenvalue weighted by molar-refractivity contribution is 6.37. The maximum atomic E-state index is 9.75. The van der Waals surface area contributed by atoms with Gasteiger partial charge >= 0.3 is 0 Å². The largest absolute Gasteiger partial charge is 0.495 e. The quantitative estimate of drug-likeness (QED) is 0.291. The maximum Gasteiger partial charge on any atom is 0.163 e. The van der Waals surface area contributed by atoms with Crippen LogP contribution < -0.4 is 19.5 Å². The van der Waals surface area contributed by atoms with Crippen LogP contribution in [0.1, 0.15) is 24.8 Å². The lowest BCUT2D eigenvalue weighted by molar-refractivity contribution is 0.0370. The number of halogens is 2. The van der Waals surface area contributed by atoms with Gasteiger partial charge in [0.1, 0.15) is 11.8 Å². The summed E-state index contributed by atoms with van der Waals surface area (Å²) in [5.41, 5.74) is 2.10. The Morgan fingerprint density at radius 1 is 1.00 bits per heavy atom. The summed E-state index contributed by atoms with van der Waals surface area (Å²) in [7, 11) is 3.12. The third kappa shape index (κ3) is 6.68. The van der Waals surface area contributed by atoms with Gasteiger partial charge in [0.15, 0.2) is 11.5 Å². The molecular weight excluding hydrogens is 515 g/mol. The van der Waals surface area contributed by atoms with Gasteiger partial charge in [0, 0.05) is 36.8 Å². The number of pyridine rings is 1. The molecule has 3 aromatic rings. The van der Waals surface area contributed by atoms with E-state index in [0.717, 1.165) is 52.1 Å². The summed E-state index contributed by atoms with van der Waals surface area (Å²) in [6, 6.07) is 9.12. The molecule has 10 heteroatoms. The minimum atomic E-state index is 0.355. The van der Waals surface area contributed by atoms with Gasteiger partial charge in [-0.05, 0) is 37.9 Å². The van der Waals surface area contributed by atoms with Crippen LogP contribution in [0.2, 0.25) is 10.0 Å². The van der Waals surface area contributed by atoms with Crippen LogP contribution in [0.3, 0.4) is 0 Å². The Bertz CT molecular complexity index is 1280. The van der Waals surface area contributed by atoms with Crippen molar-refractivity contribution >= 4 is 45.5 Å². The van der Waals surface area contributed by atoms with Gasteiger partial charge in [0.25, 0.3) is 0 Å². The van der Waals surface area contributed by atoms with Gasteiger partial charge in [-0.15, -0.1) is 0 Å². The molecule has 8 nitrogen and oxygen atoms in total. The molecule has 0 atom stereocenters. The van der Waals surface area contributed by atoms with Crippen molar-refractivity contribution in [1.29, 1.82) is 5.26 Å². The van der Waals surface area contributed by atoms with E-state index >= 15 is 0 Å². The third-order valence-corrected chi connectivity index (χ3v) is 6.86. The first-order valence-corrected chi connectivity index (χ1v) is 12.9. The number of unbranched alkanes of at least 4 members (excludes halogenated alkanes) is 2. The predicted molar refractivity (Wildman–Crippen MR) is 146 cm³/mol. The number of aromatic nitrogens is 1. The summed E-state index contributed by atoms with van der Waals surface area (Å²) in [6.45, 7) is 5.35. The summed E-state index contributed by atoms with van der Waals surface area (Å²) < 4.78 is 22.4. The van der Waals surface area contributed by atoms with E-state index in [2.05, 4.69) is 21.3 Å². The van der Waals surface area contributed by atoms with Gasteiger partial charge in [-0.1, -0.05) is 23.2 Å². The molecule has 196 valence electrons. The first kappa shape index (κ1) is 27.1. The summed E-state index contributed by atoms with van der Waals surface area (Å²) in [4.78, 5) is 6.92. The Morgan fingerprint density at radius 2 is 1.78 bits per heavy atom. The van der Waals surface area contributed by atoms with Gasteiger partial charge in [-0.25, -0.2) is 0 Å². The predicted octanol–water partition coefficient (Wildman–Crippen LogP) is 6.06. The van der Waals surface area contributed by atoms with Crippen molar-refractivity contribution in [3.63, 3.8) is 0 Å². The average molecular weight is 545 g/mol. The van der Waals surface area contributed by atoms with E-state index < -0.39 is 0 Å². The molecule has 0 radical (unpaired) electrons. The number of hydrogen-bond acceptors (Lipinski definition) is 8. The molecule has 1 saturated heterocycles. The highest BCUT2D eigenvalue weighted by Gasteiger charge is 2.17. The molecule has 0 aliphatic carbocycles. The molecule has 1 aliphatic rings. The van der Waals surface area contributed by atoms with Gasteiger partial charge < -0.3 is 24.3 Å². The van der Waals surface area contributed by atoms with Crippen LogP contribution in [-0.4, -0.2) is 63.6 Å². The van der Waals surface area contributed by atoms with Crippen LogP contribution >= 0.6 is 23.2 Å². The monoisotopic (exact) mass is 544 g/mol. The molecule has 1 N–H and O–H groups in total. The molecule has 1 aromatic heterocycles.